The zero-order valence-electron chi connectivity index (χ0n) is 15.2. The van der Waals surface area contributed by atoms with Crippen molar-refractivity contribution < 1.29 is 26.4 Å². The third-order valence-electron chi connectivity index (χ3n) is 4.59. The number of hydrogen-bond donors (Lipinski definition) is 1. The molecule has 0 aliphatic carbocycles. The Morgan fingerprint density at radius 2 is 1.79 bits per heavy atom. The lowest BCUT2D eigenvalue weighted by molar-refractivity contribution is -0.137. The first-order valence-corrected chi connectivity index (χ1v) is 10.6. The van der Waals surface area contributed by atoms with Crippen LogP contribution in [0.25, 0.3) is 0 Å². The van der Waals surface area contributed by atoms with Crippen LogP contribution in [0.1, 0.15) is 34.3 Å². The van der Waals surface area contributed by atoms with Gasteiger partial charge in [0.15, 0.2) is 0 Å². The molecule has 10 heteroatoms. The van der Waals surface area contributed by atoms with Crippen LogP contribution in [-0.4, -0.2) is 31.7 Å². The van der Waals surface area contributed by atoms with Crippen LogP contribution in [0.15, 0.2) is 47.4 Å². The maximum Gasteiger partial charge on any atom is 0.416 e. The molecule has 3 rings (SSSR count). The van der Waals surface area contributed by atoms with E-state index in [9.17, 15) is 26.4 Å². The fraction of sp³-hybridized carbons (Fsp3) is 0.316. The van der Waals surface area contributed by atoms with E-state index in [-0.39, 0.29) is 27.6 Å². The summed E-state index contributed by atoms with van der Waals surface area (Å²) in [4.78, 5) is 12.4. The Morgan fingerprint density at radius 3 is 2.45 bits per heavy atom. The van der Waals surface area contributed by atoms with E-state index in [2.05, 4.69) is 5.32 Å². The minimum absolute atomic E-state index is 0.0481. The van der Waals surface area contributed by atoms with E-state index >= 15 is 0 Å². The number of hydrogen-bond acceptors (Lipinski definition) is 3. The molecule has 1 aliphatic rings. The molecule has 0 aromatic heterocycles. The van der Waals surface area contributed by atoms with Gasteiger partial charge in [-0.3, -0.25) is 4.79 Å². The topological polar surface area (TPSA) is 66.5 Å². The van der Waals surface area contributed by atoms with Gasteiger partial charge in [-0.15, -0.1) is 0 Å². The quantitative estimate of drug-likeness (QED) is 0.752. The van der Waals surface area contributed by atoms with Crippen molar-refractivity contribution >= 4 is 27.5 Å². The van der Waals surface area contributed by atoms with Gasteiger partial charge in [0.1, 0.15) is 0 Å². The molecule has 0 bridgehead atoms. The molecule has 0 spiro atoms. The number of halogens is 4. The normalized spacial score (nSPS) is 15.4. The summed E-state index contributed by atoms with van der Waals surface area (Å²) in [6, 6.07) is 8.43. The van der Waals surface area contributed by atoms with Crippen LogP contribution >= 0.6 is 11.6 Å². The Kier molecular flexibility index (Phi) is 6.21. The Balaban J connectivity index is 1.78. The van der Waals surface area contributed by atoms with Crippen molar-refractivity contribution in [2.45, 2.75) is 30.5 Å². The standard InChI is InChI=1S/C19H18ClF3N2O3S/c20-17-7-6-15(29(27,28)25-8-1-2-9-25)11-16(17)18(26)24-12-13-4-3-5-14(10-13)19(21,22)23/h3-7,10-11H,1-2,8-9,12H2,(H,24,26). The van der Waals surface area contributed by atoms with Crippen molar-refractivity contribution in [3.63, 3.8) is 0 Å². The number of amides is 1. The van der Waals surface area contributed by atoms with Gasteiger partial charge in [0, 0.05) is 19.6 Å². The fourth-order valence-corrected chi connectivity index (χ4v) is 4.80. The molecule has 5 nitrogen and oxygen atoms in total. The predicted octanol–water partition coefficient (Wildman–Crippen LogP) is 4.07. The first-order chi connectivity index (χ1) is 13.6. The van der Waals surface area contributed by atoms with Gasteiger partial charge < -0.3 is 5.32 Å². The summed E-state index contributed by atoms with van der Waals surface area (Å²) >= 11 is 6.05. The SMILES string of the molecule is O=C(NCc1cccc(C(F)(F)F)c1)c1cc(S(=O)(=O)N2CCCC2)ccc1Cl. The van der Waals surface area contributed by atoms with E-state index in [1.807, 2.05) is 0 Å². The lowest BCUT2D eigenvalue weighted by Crippen LogP contribution is -2.28. The molecule has 0 atom stereocenters. The second kappa shape index (κ2) is 8.33. The first kappa shape index (κ1) is 21.6. The van der Waals surface area contributed by atoms with Gasteiger partial charge in [0.05, 0.1) is 21.0 Å². The highest BCUT2D eigenvalue weighted by molar-refractivity contribution is 7.89. The third-order valence-corrected chi connectivity index (χ3v) is 6.82. The maximum absolute atomic E-state index is 12.8. The van der Waals surface area contributed by atoms with Crippen LogP contribution in [0.2, 0.25) is 5.02 Å². The summed E-state index contributed by atoms with van der Waals surface area (Å²) in [5.41, 5.74) is -0.620. The smallest absolute Gasteiger partial charge is 0.348 e. The number of nitrogens with zero attached hydrogens (tertiary/aromatic N) is 1. The van der Waals surface area contributed by atoms with E-state index < -0.39 is 27.7 Å². The Morgan fingerprint density at radius 1 is 1.10 bits per heavy atom. The van der Waals surface area contributed by atoms with E-state index in [1.54, 1.807) is 0 Å². The number of carbonyl (C=O) groups is 1. The summed E-state index contributed by atoms with van der Waals surface area (Å²) < 4.78 is 65.1. The molecular formula is C19H18ClF3N2O3S. The molecule has 156 valence electrons. The average Bonchev–Trinajstić information content (AvgIpc) is 3.21. The Bertz CT molecular complexity index is 1020. The van der Waals surface area contributed by atoms with Crippen molar-refractivity contribution in [1.29, 1.82) is 0 Å². The number of carbonyl (C=O) groups excluding carboxylic acids is 1. The molecule has 1 fully saturated rings. The molecular weight excluding hydrogens is 429 g/mol. The number of sulfonamides is 1. The van der Waals surface area contributed by atoms with Crippen molar-refractivity contribution in [2.75, 3.05) is 13.1 Å². The zero-order valence-corrected chi connectivity index (χ0v) is 16.7. The van der Waals surface area contributed by atoms with Gasteiger partial charge in [-0.05, 0) is 48.7 Å². The molecule has 1 saturated heterocycles. The molecule has 2 aromatic rings. The molecule has 2 aromatic carbocycles. The number of rotatable bonds is 5. The highest BCUT2D eigenvalue weighted by Gasteiger charge is 2.30. The third kappa shape index (κ3) is 4.91. The van der Waals surface area contributed by atoms with Crippen LogP contribution in [0.5, 0.6) is 0 Å². The maximum atomic E-state index is 12.8. The molecule has 1 amide bonds. The second-order valence-corrected chi connectivity index (χ2v) is 8.98. The fourth-order valence-electron chi connectivity index (χ4n) is 3.05. The highest BCUT2D eigenvalue weighted by Crippen LogP contribution is 2.29. The summed E-state index contributed by atoms with van der Waals surface area (Å²) in [6.07, 6.45) is -2.93. The van der Waals surface area contributed by atoms with E-state index in [1.165, 1.54) is 34.6 Å². The molecule has 0 unspecified atom stereocenters. The van der Waals surface area contributed by atoms with Crippen LogP contribution < -0.4 is 5.32 Å². The molecule has 0 radical (unpaired) electrons. The highest BCUT2D eigenvalue weighted by atomic mass is 35.5. The molecule has 1 heterocycles. The zero-order chi connectivity index (χ0) is 21.2. The number of alkyl halides is 3. The lowest BCUT2D eigenvalue weighted by atomic mass is 10.1. The van der Waals surface area contributed by atoms with E-state index in [0.717, 1.165) is 25.0 Å². The summed E-state index contributed by atoms with van der Waals surface area (Å²) in [5.74, 6) is -0.675. The average molecular weight is 447 g/mol. The second-order valence-electron chi connectivity index (χ2n) is 6.63. The molecule has 0 saturated carbocycles. The number of benzene rings is 2. The van der Waals surface area contributed by atoms with Gasteiger partial charge in [-0.2, -0.15) is 17.5 Å². The molecule has 1 aliphatic heterocycles. The lowest BCUT2D eigenvalue weighted by Gasteiger charge is -2.16. The van der Waals surface area contributed by atoms with E-state index in [0.29, 0.717) is 13.1 Å². The van der Waals surface area contributed by atoms with Crippen molar-refractivity contribution in [1.82, 2.24) is 9.62 Å². The van der Waals surface area contributed by atoms with E-state index in [4.69, 9.17) is 11.6 Å². The van der Waals surface area contributed by atoms with Crippen molar-refractivity contribution in [3.05, 3.63) is 64.2 Å². The van der Waals surface area contributed by atoms with Crippen molar-refractivity contribution in [2.24, 2.45) is 0 Å². The van der Waals surface area contributed by atoms with Crippen LogP contribution in [0, 0.1) is 0 Å². The van der Waals surface area contributed by atoms with Gasteiger partial charge in [-0.1, -0.05) is 23.7 Å². The predicted molar refractivity (Wildman–Crippen MR) is 102 cm³/mol. The number of nitrogens with one attached hydrogen (secondary N) is 1. The van der Waals surface area contributed by atoms with Gasteiger partial charge in [0.2, 0.25) is 10.0 Å². The molecule has 29 heavy (non-hydrogen) atoms. The largest absolute Gasteiger partial charge is 0.416 e. The van der Waals surface area contributed by atoms with Gasteiger partial charge >= 0.3 is 6.18 Å². The minimum Gasteiger partial charge on any atom is -0.348 e. The van der Waals surface area contributed by atoms with Crippen LogP contribution in [-0.2, 0) is 22.7 Å². The minimum atomic E-state index is -4.48. The Hall–Kier alpha value is -2.10. The van der Waals surface area contributed by atoms with Crippen molar-refractivity contribution in [3.8, 4) is 0 Å². The van der Waals surface area contributed by atoms with Crippen LogP contribution in [0.4, 0.5) is 13.2 Å². The summed E-state index contributed by atoms with van der Waals surface area (Å²) in [6.45, 7) is 0.673. The van der Waals surface area contributed by atoms with Gasteiger partial charge in [0.25, 0.3) is 5.91 Å². The monoisotopic (exact) mass is 446 g/mol. The summed E-state index contributed by atoms with van der Waals surface area (Å²) in [7, 11) is -3.73. The molecule has 1 N–H and O–H groups in total. The van der Waals surface area contributed by atoms with Crippen LogP contribution in [0.3, 0.4) is 0 Å². The summed E-state index contributed by atoms with van der Waals surface area (Å²) in [5, 5.41) is 2.53. The van der Waals surface area contributed by atoms with Gasteiger partial charge in [-0.25, -0.2) is 8.42 Å². The Labute approximate surface area is 171 Å². The first-order valence-electron chi connectivity index (χ1n) is 8.83.